The van der Waals surface area contributed by atoms with Crippen molar-refractivity contribution in [1.29, 1.82) is 0 Å². The van der Waals surface area contributed by atoms with E-state index in [9.17, 15) is 26.7 Å². The molecule has 1 aliphatic heterocycles. The predicted octanol–water partition coefficient (Wildman–Crippen LogP) is 4.68. The third kappa shape index (κ3) is 5.83. The maximum atomic E-state index is 13.5. The van der Waals surface area contributed by atoms with Crippen LogP contribution in [0.3, 0.4) is 0 Å². The molecular formula is C26H30F3NO4S. The van der Waals surface area contributed by atoms with Crippen LogP contribution in [-0.2, 0) is 20.2 Å². The van der Waals surface area contributed by atoms with Crippen LogP contribution in [-0.4, -0.2) is 51.3 Å². The molecule has 2 aromatic carbocycles. The maximum absolute atomic E-state index is 13.5. The Bertz CT molecular complexity index is 1170. The monoisotopic (exact) mass is 509 g/mol. The molecule has 1 aliphatic rings. The first-order chi connectivity index (χ1) is 16.4. The molecule has 0 saturated carbocycles. The van der Waals surface area contributed by atoms with Gasteiger partial charge in [-0.15, -0.1) is 0 Å². The van der Waals surface area contributed by atoms with Crippen LogP contribution >= 0.6 is 0 Å². The van der Waals surface area contributed by atoms with Crippen LogP contribution in [0.15, 0.2) is 53.4 Å². The molecule has 1 N–H and O–H groups in total. The molecule has 5 nitrogen and oxygen atoms in total. The Morgan fingerprint density at radius 3 is 2.31 bits per heavy atom. The van der Waals surface area contributed by atoms with Gasteiger partial charge in [0.15, 0.2) is 15.4 Å². The summed E-state index contributed by atoms with van der Waals surface area (Å²) in [5.74, 6) is 5.86. The number of anilines is 1. The minimum Gasteiger partial charge on any atom is -0.376 e. The second kappa shape index (κ2) is 10.6. The molecule has 1 unspecified atom stereocenters. The van der Waals surface area contributed by atoms with Crippen molar-refractivity contribution in [2.24, 2.45) is 0 Å². The van der Waals surface area contributed by atoms with Crippen molar-refractivity contribution < 1.29 is 31.4 Å². The molecule has 9 heteroatoms. The third-order valence-electron chi connectivity index (χ3n) is 6.43. The molecule has 0 aliphatic carbocycles. The summed E-state index contributed by atoms with van der Waals surface area (Å²) in [4.78, 5) is 2.22. The molecule has 190 valence electrons. The largest absolute Gasteiger partial charge is 0.421 e. The van der Waals surface area contributed by atoms with Gasteiger partial charge in [-0.3, -0.25) is 0 Å². The number of piperidine rings is 1. The molecule has 0 radical (unpaired) electrons. The topological polar surface area (TPSA) is 66.8 Å². The van der Waals surface area contributed by atoms with E-state index in [2.05, 4.69) is 11.8 Å². The van der Waals surface area contributed by atoms with E-state index in [-0.39, 0.29) is 10.5 Å². The Morgan fingerprint density at radius 1 is 1.14 bits per heavy atom. The van der Waals surface area contributed by atoms with Crippen LogP contribution in [0.5, 0.6) is 0 Å². The lowest BCUT2D eigenvalue weighted by molar-refractivity contribution is -0.258. The van der Waals surface area contributed by atoms with E-state index in [1.807, 2.05) is 11.8 Å². The number of halogens is 3. The van der Waals surface area contributed by atoms with Gasteiger partial charge in [0.2, 0.25) is 0 Å². The van der Waals surface area contributed by atoms with Crippen LogP contribution in [0.2, 0.25) is 0 Å². The number of hydrogen-bond donors (Lipinski definition) is 1. The van der Waals surface area contributed by atoms with Gasteiger partial charge in [0, 0.05) is 25.8 Å². The number of methoxy groups -OCH3 is 1. The highest BCUT2D eigenvalue weighted by Crippen LogP contribution is 2.40. The smallest absolute Gasteiger partial charge is 0.376 e. The lowest BCUT2D eigenvalue weighted by Crippen LogP contribution is -2.40. The van der Waals surface area contributed by atoms with Crippen molar-refractivity contribution >= 4 is 15.5 Å². The minimum absolute atomic E-state index is 0.286. The van der Waals surface area contributed by atoms with Crippen LogP contribution in [0.25, 0.3) is 0 Å². The van der Waals surface area contributed by atoms with Gasteiger partial charge in [0.05, 0.1) is 15.8 Å². The highest BCUT2D eigenvalue weighted by molar-refractivity contribution is 7.92. The van der Waals surface area contributed by atoms with E-state index in [0.717, 1.165) is 0 Å². The van der Waals surface area contributed by atoms with Gasteiger partial charge in [-0.05, 0) is 56.0 Å². The van der Waals surface area contributed by atoms with Gasteiger partial charge in [0.25, 0.3) is 0 Å². The first kappa shape index (κ1) is 27.1. The van der Waals surface area contributed by atoms with E-state index >= 15 is 0 Å². The van der Waals surface area contributed by atoms with Crippen LogP contribution < -0.4 is 4.90 Å². The summed E-state index contributed by atoms with van der Waals surface area (Å²) >= 11 is 0. The second-order valence-corrected chi connectivity index (χ2v) is 11.0. The molecule has 0 amide bonds. The summed E-state index contributed by atoms with van der Waals surface area (Å²) in [6.45, 7) is 3.40. The molecular weight excluding hydrogens is 479 g/mol. The Hall–Kier alpha value is -2.54. The van der Waals surface area contributed by atoms with Crippen molar-refractivity contribution in [2.75, 3.05) is 25.1 Å². The van der Waals surface area contributed by atoms with Crippen molar-refractivity contribution in [1.82, 2.24) is 0 Å². The number of nitrogens with zero attached hydrogens (tertiary/aromatic N) is 1. The predicted molar refractivity (Wildman–Crippen MR) is 129 cm³/mol. The van der Waals surface area contributed by atoms with Crippen molar-refractivity contribution in [2.45, 2.75) is 61.1 Å². The zero-order valence-corrected chi connectivity index (χ0v) is 20.8. The Balaban J connectivity index is 1.91. The number of benzene rings is 2. The number of alkyl halides is 3. The molecule has 0 spiro atoms. The SMILES string of the molecule is CC[C@H](C#Cc1cc(C(C)(O)C(F)(F)F)ccc1N1CCC(S(=O)(=O)c2ccccc2)CC1)OC. The Labute approximate surface area is 204 Å². The summed E-state index contributed by atoms with van der Waals surface area (Å²) in [6.07, 6.45) is -3.90. The number of sulfone groups is 1. The number of hydrogen-bond acceptors (Lipinski definition) is 5. The van der Waals surface area contributed by atoms with Gasteiger partial charge >= 0.3 is 6.18 Å². The summed E-state index contributed by atoms with van der Waals surface area (Å²) in [5.41, 5.74) is -2.43. The van der Waals surface area contributed by atoms with E-state index in [4.69, 9.17) is 4.74 Å². The standard InChI is InChI=1S/C26H30F3NO4S/c1-4-21(34-3)12-10-19-18-20(25(2,31)26(27,28)29)11-13-24(19)30-16-14-23(15-17-30)35(32,33)22-8-6-5-7-9-22/h5-9,11,13,18,21,23,31H,4,14-17H2,1-3H3/t21-,25?/m1/s1. The number of ether oxygens (including phenoxy) is 1. The summed E-state index contributed by atoms with van der Waals surface area (Å²) in [5, 5.41) is 9.63. The maximum Gasteiger partial charge on any atom is 0.421 e. The molecule has 1 saturated heterocycles. The van der Waals surface area contributed by atoms with Gasteiger partial charge in [-0.25, -0.2) is 8.42 Å². The third-order valence-corrected chi connectivity index (χ3v) is 8.71. The van der Waals surface area contributed by atoms with Crippen LogP contribution in [0.1, 0.15) is 44.2 Å². The second-order valence-electron chi connectivity index (χ2n) is 8.75. The number of aliphatic hydroxyl groups is 1. The average Bonchev–Trinajstić information content (AvgIpc) is 2.84. The summed E-state index contributed by atoms with van der Waals surface area (Å²) in [7, 11) is -1.97. The first-order valence-electron chi connectivity index (χ1n) is 11.4. The lowest BCUT2D eigenvalue weighted by Gasteiger charge is -2.34. The first-order valence-corrected chi connectivity index (χ1v) is 13.0. The molecule has 0 aromatic heterocycles. The molecule has 1 heterocycles. The molecule has 3 rings (SSSR count). The van der Waals surface area contributed by atoms with Gasteiger partial charge in [0.1, 0.15) is 6.10 Å². The fraction of sp³-hybridized carbons (Fsp3) is 0.462. The quantitative estimate of drug-likeness (QED) is 0.573. The van der Waals surface area contributed by atoms with E-state index in [1.165, 1.54) is 25.3 Å². The van der Waals surface area contributed by atoms with Crippen molar-refractivity contribution in [3.8, 4) is 11.8 Å². The molecule has 1 fully saturated rings. The minimum atomic E-state index is -4.86. The molecule has 35 heavy (non-hydrogen) atoms. The summed E-state index contributed by atoms with van der Waals surface area (Å²) in [6, 6.07) is 12.3. The van der Waals surface area contributed by atoms with Crippen LogP contribution in [0.4, 0.5) is 18.9 Å². The van der Waals surface area contributed by atoms with Crippen LogP contribution in [0, 0.1) is 11.8 Å². The van der Waals surface area contributed by atoms with Gasteiger partial charge < -0.3 is 14.7 Å². The lowest BCUT2D eigenvalue weighted by atomic mass is 9.92. The average molecular weight is 510 g/mol. The molecule has 0 bridgehead atoms. The van der Waals surface area contributed by atoms with Crippen molar-refractivity contribution in [3.63, 3.8) is 0 Å². The normalized spacial score (nSPS) is 17.9. The zero-order valence-electron chi connectivity index (χ0n) is 20.0. The Kier molecular flexibility index (Phi) is 8.20. The van der Waals surface area contributed by atoms with E-state index in [1.54, 1.807) is 30.3 Å². The van der Waals surface area contributed by atoms with E-state index in [0.29, 0.717) is 50.5 Å². The van der Waals surface area contributed by atoms with Gasteiger partial charge in [-0.2, -0.15) is 13.2 Å². The fourth-order valence-corrected chi connectivity index (χ4v) is 5.83. The fourth-order valence-electron chi connectivity index (χ4n) is 4.07. The Morgan fingerprint density at radius 2 is 1.77 bits per heavy atom. The highest BCUT2D eigenvalue weighted by Gasteiger charge is 2.51. The molecule has 2 atom stereocenters. The van der Waals surface area contributed by atoms with E-state index < -0.39 is 33.0 Å². The number of rotatable bonds is 6. The summed E-state index contributed by atoms with van der Waals surface area (Å²) < 4.78 is 71.6. The highest BCUT2D eigenvalue weighted by atomic mass is 32.2. The van der Waals surface area contributed by atoms with Crippen molar-refractivity contribution in [3.05, 3.63) is 59.7 Å². The van der Waals surface area contributed by atoms with Gasteiger partial charge in [-0.1, -0.05) is 43.0 Å². The molecule has 2 aromatic rings. The zero-order chi connectivity index (χ0) is 25.9.